The molecule has 2 N–H and O–H groups in total. The molecule has 0 spiro atoms. The van der Waals surface area contributed by atoms with E-state index in [0.29, 0.717) is 22.3 Å². The molecular formula is C14H14ClN3O3. The second kappa shape index (κ2) is 6.81. The third-order valence-electron chi connectivity index (χ3n) is 2.62. The molecule has 1 aromatic heterocycles. The summed E-state index contributed by atoms with van der Waals surface area (Å²) in [7, 11) is 2.86. The normalized spacial score (nSPS) is 9.86. The van der Waals surface area contributed by atoms with Gasteiger partial charge in [0.15, 0.2) is 0 Å². The van der Waals surface area contributed by atoms with Crippen LogP contribution in [0.1, 0.15) is 0 Å². The van der Waals surface area contributed by atoms with Crippen molar-refractivity contribution in [2.24, 2.45) is 0 Å². The maximum absolute atomic E-state index is 11.1. The molecule has 1 aromatic carbocycles. The molecule has 110 valence electrons. The molecule has 0 saturated heterocycles. The fourth-order valence-electron chi connectivity index (χ4n) is 1.60. The van der Waals surface area contributed by atoms with Crippen LogP contribution in [0.4, 0.5) is 22.0 Å². The van der Waals surface area contributed by atoms with E-state index in [0.717, 1.165) is 5.69 Å². The van der Waals surface area contributed by atoms with Crippen LogP contribution in [0.15, 0.2) is 36.5 Å². The number of benzene rings is 1. The van der Waals surface area contributed by atoms with Crippen molar-refractivity contribution >= 4 is 34.9 Å². The molecule has 1 heterocycles. The first-order chi connectivity index (χ1) is 10.1. The molecule has 2 aromatic rings. The van der Waals surface area contributed by atoms with Gasteiger partial charge in [-0.25, -0.2) is 9.78 Å². The minimum Gasteiger partial charge on any atom is -0.495 e. The first-order valence-corrected chi connectivity index (χ1v) is 6.42. The molecule has 1 amide bonds. The van der Waals surface area contributed by atoms with Crippen molar-refractivity contribution in [2.45, 2.75) is 0 Å². The lowest BCUT2D eigenvalue weighted by Gasteiger charge is -2.09. The lowest BCUT2D eigenvalue weighted by molar-refractivity contribution is 0.187. The number of pyridine rings is 1. The van der Waals surface area contributed by atoms with Crippen molar-refractivity contribution in [2.75, 3.05) is 24.9 Å². The third kappa shape index (κ3) is 4.00. The number of nitrogens with one attached hydrogen (secondary N) is 2. The smallest absolute Gasteiger partial charge is 0.411 e. The van der Waals surface area contributed by atoms with E-state index in [1.807, 2.05) is 6.07 Å². The van der Waals surface area contributed by atoms with Gasteiger partial charge in [0, 0.05) is 5.69 Å². The number of halogens is 1. The molecule has 0 radical (unpaired) electrons. The highest BCUT2D eigenvalue weighted by atomic mass is 35.5. The van der Waals surface area contributed by atoms with Gasteiger partial charge in [0.25, 0.3) is 0 Å². The number of carbonyl (C=O) groups excluding carboxylic acids is 1. The van der Waals surface area contributed by atoms with Crippen LogP contribution in [0.25, 0.3) is 0 Å². The number of methoxy groups -OCH3 is 2. The molecule has 0 aliphatic carbocycles. The van der Waals surface area contributed by atoms with Crippen LogP contribution in [-0.2, 0) is 4.74 Å². The molecule has 6 nitrogen and oxygen atoms in total. The molecule has 0 unspecified atom stereocenters. The maximum Gasteiger partial charge on any atom is 0.411 e. The van der Waals surface area contributed by atoms with Gasteiger partial charge < -0.3 is 14.8 Å². The third-order valence-corrected chi connectivity index (χ3v) is 2.91. The summed E-state index contributed by atoms with van der Waals surface area (Å²) < 4.78 is 9.58. The minimum absolute atomic E-state index is 0.506. The molecule has 0 atom stereocenters. The topological polar surface area (TPSA) is 72.5 Å². The second-order valence-electron chi connectivity index (χ2n) is 4.02. The first-order valence-electron chi connectivity index (χ1n) is 6.04. The van der Waals surface area contributed by atoms with E-state index in [-0.39, 0.29) is 0 Å². The monoisotopic (exact) mass is 307 g/mol. The number of anilines is 3. The van der Waals surface area contributed by atoms with Gasteiger partial charge in [-0.2, -0.15) is 0 Å². The minimum atomic E-state index is -0.542. The second-order valence-corrected chi connectivity index (χ2v) is 4.43. The molecule has 7 heteroatoms. The summed E-state index contributed by atoms with van der Waals surface area (Å²) in [6, 6.07) is 8.76. The van der Waals surface area contributed by atoms with Crippen molar-refractivity contribution in [3.63, 3.8) is 0 Å². The van der Waals surface area contributed by atoms with E-state index < -0.39 is 6.09 Å². The summed E-state index contributed by atoms with van der Waals surface area (Å²) in [5.41, 5.74) is 1.32. The van der Waals surface area contributed by atoms with Gasteiger partial charge in [0.1, 0.15) is 11.6 Å². The average Bonchev–Trinajstić information content (AvgIpc) is 2.49. The van der Waals surface area contributed by atoms with E-state index in [9.17, 15) is 4.79 Å². The van der Waals surface area contributed by atoms with Gasteiger partial charge in [0.05, 0.1) is 31.1 Å². The van der Waals surface area contributed by atoms with Gasteiger partial charge in [-0.1, -0.05) is 11.6 Å². The lowest BCUT2D eigenvalue weighted by atomic mass is 10.3. The maximum atomic E-state index is 11.1. The Hall–Kier alpha value is -2.47. The van der Waals surface area contributed by atoms with Crippen LogP contribution in [0, 0.1) is 0 Å². The molecule has 2 rings (SSSR count). The van der Waals surface area contributed by atoms with E-state index in [2.05, 4.69) is 20.4 Å². The number of carbonyl (C=O) groups is 1. The van der Waals surface area contributed by atoms with E-state index in [1.54, 1.807) is 31.4 Å². The summed E-state index contributed by atoms with van der Waals surface area (Å²) in [4.78, 5) is 15.2. The van der Waals surface area contributed by atoms with Crippen molar-refractivity contribution in [3.05, 3.63) is 41.6 Å². The summed E-state index contributed by atoms with van der Waals surface area (Å²) in [5.74, 6) is 1.22. The van der Waals surface area contributed by atoms with Crippen LogP contribution < -0.4 is 15.4 Å². The Morgan fingerprint density at radius 2 is 1.95 bits per heavy atom. The molecule has 0 bridgehead atoms. The lowest BCUT2D eigenvalue weighted by Crippen LogP contribution is -2.11. The average molecular weight is 308 g/mol. The predicted molar refractivity (Wildman–Crippen MR) is 81.6 cm³/mol. The number of nitrogens with zero attached hydrogens (tertiary/aromatic N) is 1. The Morgan fingerprint density at radius 1 is 1.19 bits per heavy atom. The highest BCUT2D eigenvalue weighted by Crippen LogP contribution is 2.28. The fourth-order valence-corrected chi connectivity index (χ4v) is 1.86. The van der Waals surface area contributed by atoms with Crippen LogP contribution in [-0.4, -0.2) is 25.3 Å². The van der Waals surface area contributed by atoms with Gasteiger partial charge in [-0.15, -0.1) is 0 Å². The number of hydrogen-bond donors (Lipinski definition) is 2. The predicted octanol–water partition coefficient (Wildman–Crippen LogP) is 3.67. The van der Waals surface area contributed by atoms with E-state index >= 15 is 0 Å². The van der Waals surface area contributed by atoms with Gasteiger partial charge in [-0.3, -0.25) is 5.32 Å². The molecule has 21 heavy (non-hydrogen) atoms. The Kier molecular flexibility index (Phi) is 4.84. The van der Waals surface area contributed by atoms with Crippen molar-refractivity contribution in [1.82, 2.24) is 4.98 Å². The zero-order valence-corrected chi connectivity index (χ0v) is 12.3. The number of ether oxygens (including phenoxy) is 2. The number of amides is 1. The van der Waals surface area contributed by atoms with Crippen LogP contribution in [0.2, 0.25) is 5.02 Å². The number of aromatic nitrogens is 1. The van der Waals surface area contributed by atoms with Gasteiger partial charge in [-0.05, 0) is 30.3 Å². The standard InChI is InChI=1S/C14H14ClN3O3/c1-20-12-5-3-9(7-11(12)15)17-13-6-4-10(8-16-13)18-14(19)21-2/h3-8H,1-2H3,(H,16,17)(H,18,19). The summed E-state index contributed by atoms with van der Waals surface area (Å²) >= 11 is 6.05. The Morgan fingerprint density at radius 3 is 2.52 bits per heavy atom. The molecular weight excluding hydrogens is 294 g/mol. The Bertz CT molecular complexity index is 632. The molecule has 0 aliphatic heterocycles. The zero-order valence-electron chi connectivity index (χ0n) is 11.5. The Labute approximate surface area is 127 Å². The first kappa shape index (κ1) is 14.9. The van der Waals surface area contributed by atoms with Crippen LogP contribution >= 0.6 is 11.6 Å². The van der Waals surface area contributed by atoms with Crippen molar-refractivity contribution in [3.8, 4) is 5.75 Å². The van der Waals surface area contributed by atoms with E-state index in [1.165, 1.54) is 13.3 Å². The van der Waals surface area contributed by atoms with Crippen LogP contribution in [0.3, 0.4) is 0 Å². The molecule has 0 saturated carbocycles. The Balaban J connectivity index is 2.06. The van der Waals surface area contributed by atoms with E-state index in [4.69, 9.17) is 16.3 Å². The fraction of sp³-hybridized carbons (Fsp3) is 0.143. The van der Waals surface area contributed by atoms with Crippen molar-refractivity contribution in [1.29, 1.82) is 0 Å². The summed E-state index contributed by atoms with van der Waals surface area (Å²) in [6.45, 7) is 0. The highest BCUT2D eigenvalue weighted by Gasteiger charge is 2.04. The molecule has 0 aliphatic rings. The largest absolute Gasteiger partial charge is 0.495 e. The quantitative estimate of drug-likeness (QED) is 0.901. The summed E-state index contributed by atoms with van der Waals surface area (Å²) in [5, 5.41) is 6.12. The number of rotatable bonds is 4. The van der Waals surface area contributed by atoms with Crippen LogP contribution in [0.5, 0.6) is 5.75 Å². The zero-order chi connectivity index (χ0) is 15.2. The SMILES string of the molecule is COC(=O)Nc1ccc(Nc2ccc(OC)c(Cl)c2)nc1. The molecule has 0 fully saturated rings. The van der Waals surface area contributed by atoms with Crippen molar-refractivity contribution < 1.29 is 14.3 Å². The van der Waals surface area contributed by atoms with Gasteiger partial charge >= 0.3 is 6.09 Å². The van der Waals surface area contributed by atoms with Gasteiger partial charge in [0.2, 0.25) is 0 Å². The highest BCUT2D eigenvalue weighted by molar-refractivity contribution is 6.32. The number of hydrogen-bond acceptors (Lipinski definition) is 5. The summed E-state index contributed by atoms with van der Waals surface area (Å²) in [6.07, 6.45) is 0.976.